The highest BCUT2D eigenvalue weighted by Crippen LogP contribution is 2.48. The van der Waals surface area contributed by atoms with Gasteiger partial charge in [0.2, 0.25) is 5.91 Å². The van der Waals surface area contributed by atoms with Gasteiger partial charge in [0, 0.05) is 16.1 Å². The summed E-state index contributed by atoms with van der Waals surface area (Å²) in [5.74, 6) is 0.657. The smallest absolute Gasteiger partial charge is 0.224 e. The molecule has 0 aliphatic heterocycles. The zero-order chi connectivity index (χ0) is 16.7. The van der Waals surface area contributed by atoms with Gasteiger partial charge in [-0.1, -0.05) is 34.1 Å². The number of carbonyl (C=O) groups excluding carboxylic acids is 1. The molecule has 25 heavy (non-hydrogen) atoms. The Morgan fingerprint density at radius 1 is 1.20 bits per heavy atom. The first kappa shape index (κ1) is 18.3. The molecular formula is C20H22BrClN2O. The second-order valence-corrected chi connectivity index (χ2v) is 7.83. The zero-order valence-electron chi connectivity index (χ0n) is 13.9. The lowest BCUT2D eigenvalue weighted by Crippen LogP contribution is -2.32. The van der Waals surface area contributed by atoms with Gasteiger partial charge in [0.1, 0.15) is 0 Å². The zero-order valence-corrected chi connectivity index (χ0v) is 16.3. The Morgan fingerprint density at radius 2 is 2.04 bits per heavy atom. The lowest BCUT2D eigenvalue weighted by Gasteiger charge is -2.26. The van der Waals surface area contributed by atoms with Crippen molar-refractivity contribution >= 4 is 39.9 Å². The number of hydrogen-bond acceptors (Lipinski definition) is 2. The Hall–Kier alpha value is -1.52. The molecule has 2 aliphatic carbocycles. The summed E-state index contributed by atoms with van der Waals surface area (Å²) in [6.45, 7) is 0. The number of fused-ring (bicyclic) bond motifs is 1. The lowest BCUT2D eigenvalue weighted by molar-refractivity contribution is -0.123. The van der Waals surface area contributed by atoms with Gasteiger partial charge in [0.25, 0.3) is 0 Å². The third-order valence-corrected chi connectivity index (χ3v) is 5.70. The normalized spacial score (nSPS) is 24.0. The number of hydrogen-bond donors (Lipinski definition) is 2. The van der Waals surface area contributed by atoms with Crippen LogP contribution in [0.5, 0.6) is 0 Å². The van der Waals surface area contributed by atoms with E-state index in [0.29, 0.717) is 5.92 Å². The number of nitrogens with one attached hydrogen (secondary N) is 1. The molecule has 3 N–H and O–H groups in total. The predicted octanol–water partition coefficient (Wildman–Crippen LogP) is 4.75. The molecule has 1 amide bonds. The molecule has 2 aliphatic rings. The summed E-state index contributed by atoms with van der Waals surface area (Å²) >= 11 is 3.51. The van der Waals surface area contributed by atoms with E-state index < -0.39 is 0 Å². The number of nitrogens with two attached hydrogens (primary N) is 1. The number of carbonyl (C=O) groups is 1. The highest BCUT2D eigenvalue weighted by atomic mass is 79.9. The van der Waals surface area contributed by atoms with Crippen LogP contribution in [0.2, 0.25) is 0 Å². The highest BCUT2D eigenvalue weighted by Gasteiger charge is 2.44. The van der Waals surface area contributed by atoms with Crippen molar-refractivity contribution in [3.8, 4) is 0 Å². The SMILES string of the molecule is Cl.Nc1ccc2c(c1)CCCC2NC(=O)C1CC1c1cccc(Br)c1. The summed E-state index contributed by atoms with van der Waals surface area (Å²) in [6.07, 6.45) is 4.11. The molecule has 3 atom stereocenters. The van der Waals surface area contributed by atoms with E-state index in [-0.39, 0.29) is 30.3 Å². The van der Waals surface area contributed by atoms with Crippen LogP contribution in [0.3, 0.4) is 0 Å². The number of anilines is 1. The van der Waals surface area contributed by atoms with Crippen LogP contribution >= 0.6 is 28.3 Å². The third-order valence-electron chi connectivity index (χ3n) is 5.20. The Balaban J connectivity index is 0.00000182. The van der Waals surface area contributed by atoms with Crippen molar-refractivity contribution in [2.75, 3.05) is 5.73 Å². The quantitative estimate of drug-likeness (QED) is 0.703. The van der Waals surface area contributed by atoms with E-state index >= 15 is 0 Å². The van der Waals surface area contributed by atoms with Crippen LogP contribution in [0, 0.1) is 5.92 Å². The molecular weight excluding hydrogens is 400 g/mol. The fourth-order valence-electron chi connectivity index (χ4n) is 3.85. The van der Waals surface area contributed by atoms with Crippen molar-refractivity contribution in [3.05, 3.63) is 63.6 Å². The molecule has 0 radical (unpaired) electrons. The van der Waals surface area contributed by atoms with Gasteiger partial charge in [0.05, 0.1) is 6.04 Å². The molecule has 3 unspecified atom stereocenters. The monoisotopic (exact) mass is 420 g/mol. The Morgan fingerprint density at radius 3 is 2.84 bits per heavy atom. The standard InChI is InChI=1S/C20H21BrN2O.ClH/c21-14-5-1-3-12(9-14)17-11-18(17)20(24)23-19-6-2-4-13-10-15(22)7-8-16(13)19;/h1,3,5,7-10,17-19H,2,4,6,11,22H2,(H,23,24);1H. The second kappa shape index (κ2) is 7.38. The molecule has 2 aromatic carbocycles. The van der Waals surface area contributed by atoms with Crippen molar-refractivity contribution in [1.29, 1.82) is 0 Å². The van der Waals surface area contributed by atoms with E-state index in [2.05, 4.69) is 45.5 Å². The van der Waals surface area contributed by atoms with Crippen LogP contribution in [-0.2, 0) is 11.2 Å². The van der Waals surface area contributed by atoms with Gasteiger partial charge < -0.3 is 11.1 Å². The van der Waals surface area contributed by atoms with Crippen molar-refractivity contribution < 1.29 is 4.79 Å². The van der Waals surface area contributed by atoms with Crippen molar-refractivity contribution in [2.24, 2.45) is 5.92 Å². The third kappa shape index (κ3) is 3.85. The van der Waals surface area contributed by atoms with Gasteiger partial charge in [-0.15, -0.1) is 12.4 Å². The number of rotatable bonds is 3. The minimum absolute atomic E-state index is 0. The van der Waals surface area contributed by atoms with Crippen molar-refractivity contribution in [1.82, 2.24) is 5.32 Å². The topological polar surface area (TPSA) is 55.1 Å². The van der Waals surface area contributed by atoms with E-state index in [0.717, 1.165) is 35.8 Å². The molecule has 4 rings (SSSR count). The molecule has 3 nitrogen and oxygen atoms in total. The van der Waals surface area contributed by atoms with Gasteiger partial charge in [0.15, 0.2) is 0 Å². The van der Waals surface area contributed by atoms with Crippen LogP contribution in [0.1, 0.15) is 47.9 Å². The van der Waals surface area contributed by atoms with E-state index in [9.17, 15) is 4.79 Å². The van der Waals surface area contributed by atoms with Gasteiger partial charge in [-0.2, -0.15) is 0 Å². The summed E-state index contributed by atoms with van der Waals surface area (Å²) in [5, 5.41) is 3.28. The van der Waals surface area contributed by atoms with Crippen molar-refractivity contribution in [2.45, 2.75) is 37.6 Å². The minimum atomic E-state index is 0. The Kier molecular flexibility index (Phi) is 5.40. The minimum Gasteiger partial charge on any atom is -0.399 e. The average molecular weight is 422 g/mol. The molecule has 132 valence electrons. The fourth-order valence-corrected chi connectivity index (χ4v) is 4.27. The van der Waals surface area contributed by atoms with Gasteiger partial charge in [-0.25, -0.2) is 0 Å². The fraction of sp³-hybridized carbons (Fsp3) is 0.350. The predicted molar refractivity (Wildman–Crippen MR) is 107 cm³/mol. The second-order valence-electron chi connectivity index (χ2n) is 6.92. The van der Waals surface area contributed by atoms with Crippen molar-refractivity contribution in [3.63, 3.8) is 0 Å². The average Bonchev–Trinajstić information content (AvgIpc) is 3.35. The van der Waals surface area contributed by atoms with Crippen LogP contribution in [0.15, 0.2) is 46.9 Å². The number of amides is 1. The summed E-state index contributed by atoms with van der Waals surface area (Å²) in [4.78, 5) is 12.7. The van der Waals surface area contributed by atoms with Crippen LogP contribution in [0.4, 0.5) is 5.69 Å². The molecule has 0 spiro atoms. The van der Waals surface area contributed by atoms with Crippen LogP contribution in [0.25, 0.3) is 0 Å². The molecule has 0 aromatic heterocycles. The van der Waals surface area contributed by atoms with E-state index in [1.165, 1.54) is 16.7 Å². The Bertz CT molecular complexity index is 795. The lowest BCUT2D eigenvalue weighted by atomic mass is 9.87. The molecule has 1 fully saturated rings. The maximum absolute atomic E-state index is 12.7. The summed E-state index contributed by atoms with van der Waals surface area (Å²) < 4.78 is 1.07. The van der Waals surface area contributed by atoms with Gasteiger partial charge >= 0.3 is 0 Å². The van der Waals surface area contributed by atoms with E-state index in [1.807, 2.05) is 18.2 Å². The van der Waals surface area contributed by atoms with Gasteiger partial charge in [-0.3, -0.25) is 4.79 Å². The molecule has 2 aromatic rings. The first-order valence-electron chi connectivity index (χ1n) is 8.56. The van der Waals surface area contributed by atoms with Crippen LogP contribution in [-0.4, -0.2) is 5.91 Å². The van der Waals surface area contributed by atoms with Gasteiger partial charge in [-0.05, 0) is 72.6 Å². The largest absolute Gasteiger partial charge is 0.399 e. The summed E-state index contributed by atoms with van der Waals surface area (Å²) in [6, 6.07) is 14.5. The molecule has 0 saturated heterocycles. The maximum Gasteiger partial charge on any atom is 0.224 e. The molecule has 0 bridgehead atoms. The first-order valence-corrected chi connectivity index (χ1v) is 9.35. The molecule has 0 heterocycles. The molecule has 5 heteroatoms. The summed E-state index contributed by atoms with van der Waals surface area (Å²) in [7, 11) is 0. The Labute approximate surface area is 162 Å². The van der Waals surface area contributed by atoms with E-state index in [4.69, 9.17) is 5.73 Å². The number of nitrogen functional groups attached to an aromatic ring is 1. The first-order chi connectivity index (χ1) is 11.6. The number of halogens is 2. The maximum atomic E-state index is 12.7. The number of benzene rings is 2. The van der Waals surface area contributed by atoms with Crippen LogP contribution < -0.4 is 11.1 Å². The highest BCUT2D eigenvalue weighted by molar-refractivity contribution is 9.10. The van der Waals surface area contributed by atoms with E-state index in [1.54, 1.807) is 0 Å². The molecule has 1 saturated carbocycles. The summed E-state index contributed by atoms with van der Waals surface area (Å²) in [5.41, 5.74) is 10.5. The number of aryl methyl sites for hydroxylation is 1.